The molecule has 3 saturated carbocycles. The molecule has 2 bridgehead atoms. The van der Waals surface area contributed by atoms with Crippen molar-refractivity contribution in [1.29, 1.82) is 0 Å². The maximum Gasteiger partial charge on any atom is 0.0546 e. The molecule has 0 saturated heterocycles. The normalized spacial score (nSPS) is 60.3. The number of hydrogen-bond acceptors (Lipinski definition) is 1. The highest BCUT2D eigenvalue weighted by Gasteiger charge is 2.51. The summed E-state index contributed by atoms with van der Waals surface area (Å²) in [6.07, 6.45) is 6.77. The second kappa shape index (κ2) is 2.01. The highest BCUT2D eigenvalue weighted by molar-refractivity contribution is 5.01. The molecule has 0 aromatic heterocycles. The molecule has 0 spiro atoms. The maximum atomic E-state index is 9.50. The molecule has 3 fully saturated rings. The van der Waals surface area contributed by atoms with Crippen LogP contribution in [0.15, 0.2) is 0 Å². The molecule has 0 aromatic rings. The summed E-state index contributed by atoms with van der Waals surface area (Å²) in [4.78, 5) is 0. The van der Waals surface area contributed by atoms with Gasteiger partial charge >= 0.3 is 0 Å². The van der Waals surface area contributed by atoms with Crippen molar-refractivity contribution < 1.29 is 5.11 Å². The first kappa shape index (κ1) is 6.47. The predicted octanol–water partition coefficient (Wildman–Crippen LogP) is 1.80. The van der Waals surface area contributed by atoms with Crippen LogP contribution in [-0.4, -0.2) is 11.2 Å². The van der Waals surface area contributed by atoms with E-state index in [0.29, 0.717) is 0 Å². The van der Waals surface area contributed by atoms with E-state index in [9.17, 15) is 5.11 Å². The average Bonchev–Trinajstić information content (AvgIpc) is 2.53. The van der Waals surface area contributed by atoms with Crippen LogP contribution in [-0.2, 0) is 0 Å². The van der Waals surface area contributed by atoms with Crippen molar-refractivity contribution in [2.45, 2.75) is 38.2 Å². The standard InChI is InChI=1S/C10H16O/c11-8-4-9-6-1-2-7(3-6)10(9)5-8/h6-11H,1-5H2/t6-,7-,9-,10-/m0/s1. The van der Waals surface area contributed by atoms with Crippen LogP contribution in [0, 0.1) is 23.7 Å². The molecule has 0 aromatic carbocycles. The molecule has 0 radical (unpaired) electrons. The van der Waals surface area contributed by atoms with E-state index in [4.69, 9.17) is 0 Å². The Morgan fingerprint density at radius 2 is 1.36 bits per heavy atom. The van der Waals surface area contributed by atoms with Crippen LogP contribution in [0.2, 0.25) is 0 Å². The molecule has 62 valence electrons. The number of aliphatic hydroxyl groups excluding tert-OH is 1. The Hall–Kier alpha value is -0.0400. The number of hydrogen-bond donors (Lipinski definition) is 1. The Labute approximate surface area is 67.8 Å². The molecule has 1 nitrogen and oxygen atoms in total. The lowest BCUT2D eigenvalue weighted by molar-refractivity contribution is 0.167. The molecule has 11 heavy (non-hydrogen) atoms. The zero-order valence-corrected chi connectivity index (χ0v) is 6.87. The summed E-state index contributed by atoms with van der Waals surface area (Å²) < 4.78 is 0. The summed E-state index contributed by atoms with van der Waals surface area (Å²) in [7, 11) is 0. The summed E-state index contributed by atoms with van der Waals surface area (Å²) in [6.45, 7) is 0. The summed E-state index contributed by atoms with van der Waals surface area (Å²) in [5.74, 6) is 3.90. The SMILES string of the molecule is OC1C[C@H]2[C@H]3CC[C@@H](C3)[C@@H]2C1. The zero-order chi connectivity index (χ0) is 7.42. The van der Waals surface area contributed by atoms with Gasteiger partial charge in [-0.2, -0.15) is 0 Å². The van der Waals surface area contributed by atoms with Crippen LogP contribution in [0.5, 0.6) is 0 Å². The van der Waals surface area contributed by atoms with Gasteiger partial charge in [0.15, 0.2) is 0 Å². The Bertz CT molecular complexity index is 160. The van der Waals surface area contributed by atoms with Crippen molar-refractivity contribution in [3.05, 3.63) is 0 Å². The van der Waals surface area contributed by atoms with Gasteiger partial charge in [-0.1, -0.05) is 0 Å². The molecule has 1 N–H and O–H groups in total. The van der Waals surface area contributed by atoms with E-state index in [2.05, 4.69) is 0 Å². The molecule has 0 heterocycles. The summed E-state index contributed by atoms with van der Waals surface area (Å²) in [6, 6.07) is 0. The van der Waals surface area contributed by atoms with Crippen LogP contribution in [0.3, 0.4) is 0 Å². The molecule has 0 amide bonds. The van der Waals surface area contributed by atoms with Gasteiger partial charge in [-0.05, 0) is 55.8 Å². The van der Waals surface area contributed by atoms with Crippen molar-refractivity contribution in [3.63, 3.8) is 0 Å². The first-order valence-electron chi connectivity index (χ1n) is 5.02. The van der Waals surface area contributed by atoms with E-state index in [1.807, 2.05) is 0 Å². The van der Waals surface area contributed by atoms with Gasteiger partial charge in [0.05, 0.1) is 6.10 Å². The Kier molecular flexibility index (Phi) is 1.18. The van der Waals surface area contributed by atoms with Gasteiger partial charge in [-0.3, -0.25) is 0 Å². The summed E-state index contributed by atoms with van der Waals surface area (Å²) >= 11 is 0. The predicted molar refractivity (Wildman–Crippen MR) is 43.1 cm³/mol. The van der Waals surface area contributed by atoms with Gasteiger partial charge in [0.25, 0.3) is 0 Å². The van der Waals surface area contributed by atoms with Crippen LogP contribution in [0.25, 0.3) is 0 Å². The molecule has 4 atom stereocenters. The number of rotatable bonds is 0. The largest absolute Gasteiger partial charge is 0.393 e. The minimum absolute atomic E-state index is 0.0633. The minimum atomic E-state index is 0.0633. The van der Waals surface area contributed by atoms with Gasteiger partial charge in [0.1, 0.15) is 0 Å². The van der Waals surface area contributed by atoms with Gasteiger partial charge in [-0.15, -0.1) is 0 Å². The first-order valence-corrected chi connectivity index (χ1v) is 5.02. The van der Waals surface area contributed by atoms with Crippen molar-refractivity contribution in [1.82, 2.24) is 0 Å². The van der Waals surface area contributed by atoms with Crippen LogP contribution < -0.4 is 0 Å². The van der Waals surface area contributed by atoms with E-state index in [1.165, 1.54) is 19.3 Å². The van der Waals surface area contributed by atoms with E-state index in [-0.39, 0.29) is 6.10 Å². The molecular formula is C10H16O. The number of aliphatic hydroxyl groups is 1. The summed E-state index contributed by atoms with van der Waals surface area (Å²) in [5.41, 5.74) is 0. The number of fused-ring (bicyclic) bond motifs is 5. The van der Waals surface area contributed by atoms with Crippen molar-refractivity contribution >= 4 is 0 Å². The third-order valence-electron chi connectivity index (χ3n) is 4.36. The monoisotopic (exact) mass is 152 g/mol. The highest BCUT2D eigenvalue weighted by atomic mass is 16.3. The lowest BCUT2D eigenvalue weighted by Gasteiger charge is -2.23. The van der Waals surface area contributed by atoms with Crippen molar-refractivity contribution in [2.75, 3.05) is 0 Å². The van der Waals surface area contributed by atoms with E-state index >= 15 is 0 Å². The quantitative estimate of drug-likeness (QED) is 0.561. The zero-order valence-electron chi connectivity index (χ0n) is 6.87. The molecule has 0 aliphatic heterocycles. The lowest BCUT2D eigenvalue weighted by Crippen LogP contribution is -2.15. The Morgan fingerprint density at radius 3 is 1.91 bits per heavy atom. The van der Waals surface area contributed by atoms with E-state index < -0.39 is 0 Å². The second-order valence-corrected chi connectivity index (χ2v) is 4.79. The molecule has 0 unspecified atom stereocenters. The topological polar surface area (TPSA) is 20.2 Å². The fourth-order valence-corrected chi connectivity index (χ4v) is 3.99. The molecule has 3 aliphatic rings. The molecular weight excluding hydrogens is 136 g/mol. The van der Waals surface area contributed by atoms with Crippen molar-refractivity contribution in [2.24, 2.45) is 23.7 Å². The van der Waals surface area contributed by atoms with Gasteiger partial charge in [0, 0.05) is 0 Å². The lowest BCUT2D eigenvalue weighted by atomic mass is 9.82. The van der Waals surface area contributed by atoms with E-state index in [1.54, 1.807) is 0 Å². The fraction of sp³-hybridized carbons (Fsp3) is 1.00. The Morgan fingerprint density at radius 1 is 0.818 bits per heavy atom. The Balaban J connectivity index is 1.87. The maximum absolute atomic E-state index is 9.50. The van der Waals surface area contributed by atoms with Crippen LogP contribution >= 0.6 is 0 Å². The highest BCUT2D eigenvalue weighted by Crippen LogP contribution is 2.58. The summed E-state index contributed by atoms with van der Waals surface area (Å²) in [5, 5.41) is 9.50. The minimum Gasteiger partial charge on any atom is -0.393 e. The van der Waals surface area contributed by atoms with Gasteiger partial charge in [-0.25, -0.2) is 0 Å². The smallest absolute Gasteiger partial charge is 0.0546 e. The van der Waals surface area contributed by atoms with Crippen LogP contribution in [0.1, 0.15) is 32.1 Å². The second-order valence-electron chi connectivity index (χ2n) is 4.79. The van der Waals surface area contributed by atoms with Crippen LogP contribution in [0.4, 0.5) is 0 Å². The first-order chi connectivity index (χ1) is 5.34. The molecule has 3 rings (SSSR count). The molecule has 3 aliphatic carbocycles. The third-order valence-corrected chi connectivity index (χ3v) is 4.36. The van der Waals surface area contributed by atoms with Crippen molar-refractivity contribution in [3.8, 4) is 0 Å². The van der Waals surface area contributed by atoms with Gasteiger partial charge in [0.2, 0.25) is 0 Å². The van der Waals surface area contributed by atoms with Gasteiger partial charge < -0.3 is 5.11 Å². The average molecular weight is 152 g/mol. The fourth-order valence-electron chi connectivity index (χ4n) is 3.99. The van der Waals surface area contributed by atoms with E-state index in [0.717, 1.165) is 36.5 Å². The third kappa shape index (κ3) is 0.752. The molecule has 1 heteroatoms.